The van der Waals surface area contributed by atoms with Gasteiger partial charge >= 0.3 is 0 Å². The molecule has 0 aromatic heterocycles. The molecule has 0 amide bonds. The molecule has 0 fully saturated rings. The number of aliphatic hydroxyl groups is 1. The van der Waals surface area contributed by atoms with E-state index in [1.165, 1.54) is 5.56 Å². The lowest BCUT2D eigenvalue weighted by Crippen LogP contribution is -2.21. The van der Waals surface area contributed by atoms with Crippen LogP contribution in [0.4, 0.5) is 0 Å². The van der Waals surface area contributed by atoms with E-state index in [0.717, 1.165) is 6.42 Å². The topological polar surface area (TPSA) is 20.2 Å². The molecule has 0 aliphatic rings. The van der Waals surface area contributed by atoms with Crippen LogP contribution in [0.5, 0.6) is 0 Å². The summed E-state index contributed by atoms with van der Waals surface area (Å²) in [5.74, 6) is 3.19. The quantitative estimate of drug-likeness (QED) is 0.642. The van der Waals surface area contributed by atoms with Crippen molar-refractivity contribution in [3.05, 3.63) is 35.9 Å². The molecule has 2 heteroatoms. The third-order valence-corrected chi connectivity index (χ3v) is 3.43. The summed E-state index contributed by atoms with van der Waals surface area (Å²) in [5.41, 5.74) is 4.49. The van der Waals surface area contributed by atoms with Gasteiger partial charge in [-0.2, -0.15) is 0 Å². The van der Waals surface area contributed by atoms with Crippen LogP contribution in [0.1, 0.15) is 12.5 Å². The molecule has 0 aliphatic heterocycles. The Morgan fingerprint density at radius 3 is 2.29 bits per heavy atom. The van der Waals surface area contributed by atoms with Crippen molar-refractivity contribution in [2.24, 2.45) is 5.92 Å². The molecule has 17 heavy (non-hydrogen) atoms. The van der Waals surface area contributed by atoms with Gasteiger partial charge in [-0.15, -0.1) is 5.54 Å². The molecule has 92 valence electrons. The highest BCUT2D eigenvalue weighted by Gasteiger charge is 2.14. The van der Waals surface area contributed by atoms with Gasteiger partial charge in [-0.25, -0.2) is 0 Å². The van der Waals surface area contributed by atoms with Crippen molar-refractivity contribution >= 4 is 8.07 Å². The van der Waals surface area contributed by atoms with Crippen molar-refractivity contribution in [2.45, 2.75) is 39.1 Å². The van der Waals surface area contributed by atoms with Crippen LogP contribution in [-0.2, 0) is 6.42 Å². The van der Waals surface area contributed by atoms with Crippen LogP contribution in [0.25, 0.3) is 0 Å². The first-order valence-corrected chi connectivity index (χ1v) is 9.63. The number of hydrogen-bond acceptors (Lipinski definition) is 1. The van der Waals surface area contributed by atoms with E-state index in [9.17, 15) is 5.11 Å². The van der Waals surface area contributed by atoms with Crippen molar-refractivity contribution < 1.29 is 5.11 Å². The van der Waals surface area contributed by atoms with E-state index in [1.54, 1.807) is 0 Å². The van der Waals surface area contributed by atoms with Crippen molar-refractivity contribution in [2.75, 3.05) is 0 Å². The molecule has 0 unspecified atom stereocenters. The summed E-state index contributed by atoms with van der Waals surface area (Å²) in [6, 6.07) is 10.3. The largest absolute Gasteiger partial charge is 0.380 e. The lowest BCUT2D eigenvalue weighted by molar-refractivity contribution is 0.171. The first-order valence-electron chi connectivity index (χ1n) is 6.13. The number of rotatable bonds is 3. The van der Waals surface area contributed by atoms with E-state index < -0.39 is 14.2 Å². The fourth-order valence-electron chi connectivity index (χ4n) is 1.53. The van der Waals surface area contributed by atoms with Crippen LogP contribution in [0.15, 0.2) is 30.3 Å². The summed E-state index contributed by atoms with van der Waals surface area (Å²) < 4.78 is 0. The molecule has 0 heterocycles. The maximum absolute atomic E-state index is 9.99. The maximum atomic E-state index is 9.99. The van der Waals surface area contributed by atoms with E-state index in [0.29, 0.717) is 0 Å². The summed E-state index contributed by atoms with van der Waals surface area (Å²) in [6.07, 6.45) is 0.365. The molecule has 1 nitrogen and oxygen atoms in total. The number of aliphatic hydroxyl groups excluding tert-OH is 1. The second-order valence-electron chi connectivity index (χ2n) is 5.63. The minimum absolute atomic E-state index is 0.182. The molecule has 1 aromatic carbocycles. The highest BCUT2D eigenvalue weighted by molar-refractivity contribution is 6.83. The third-order valence-electron chi connectivity index (χ3n) is 2.53. The normalized spacial score (nSPS) is 14.6. The van der Waals surface area contributed by atoms with E-state index in [2.05, 4.69) is 50.2 Å². The first kappa shape index (κ1) is 14.0. The van der Waals surface area contributed by atoms with Gasteiger partial charge in [0.25, 0.3) is 0 Å². The van der Waals surface area contributed by atoms with Crippen LogP contribution >= 0.6 is 0 Å². The van der Waals surface area contributed by atoms with Gasteiger partial charge in [-0.3, -0.25) is 0 Å². The fraction of sp³-hybridized carbons (Fsp3) is 0.467. The third kappa shape index (κ3) is 5.72. The minimum Gasteiger partial charge on any atom is -0.380 e. The van der Waals surface area contributed by atoms with Crippen LogP contribution in [0.3, 0.4) is 0 Å². The molecule has 2 atom stereocenters. The summed E-state index contributed by atoms with van der Waals surface area (Å²) >= 11 is 0. The predicted molar refractivity (Wildman–Crippen MR) is 76.4 cm³/mol. The van der Waals surface area contributed by atoms with E-state index >= 15 is 0 Å². The van der Waals surface area contributed by atoms with Crippen molar-refractivity contribution in [1.29, 1.82) is 0 Å². The van der Waals surface area contributed by atoms with Gasteiger partial charge < -0.3 is 5.11 Å². The molecule has 0 saturated heterocycles. The number of hydrogen-bond donors (Lipinski definition) is 1. The van der Waals surface area contributed by atoms with E-state index in [-0.39, 0.29) is 5.92 Å². The van der Waals surface area contributed by atoms with E-state index in [1.807, 2.05) is 18.2 Å². The lowest BCUT2D eigenvalue weighted by atomic mass is 9.96. The summed E-state index contributed by atoms with van der Waals surface area (Å²) in [5, 5.41) is 9.99. The lowest BCUT2D eigenvalue weighted by Gasteiger charge is -2.14. The maximum Gasteiger partial charge on any atom is 0.129 e. The molecule has 0 radical (unpaired) electrons. The van der Waals surface area contributed by atoms with Gasteiger partial charge in [0.1, 0.15) is 14.2 Å². The second kappa shape index (κ2) is 6.04. The Hall–Kier alpha value is -1.04. The SMILES string of the molecule is C[C@H](Cc1ccccc1)[C@H](O)C#C[Si](C)(C)C. The average Bonchev–Trinajstić information content (AvgIpc) is 2.26. The summed E-state index contributed by atoms with van der Waals surface area (Å²) in [4.78, 5) is 0. The van der Waals surface area contributed by atoms with Crippen LogP contribution in [0.2, 0.25) is 19.6 Å². The van der Waals surface area contributed by atoms with Crippen molar-refractivity contribution in [1.82, 2.24) is 0 Å². The number of benzene rings is 1. The molecule has 1 rings (SSSR count). The van der Waals surface area contributed by atoms with Gasteiger partial charge in [0.2, 0.25) is 0 Å². The van der Waals surface area contributed by atoms with Gasteiger partial charge in [0.05, 0.1) is 0 Å². The molecule has 0 aliphatic carbocycles. The first-order chi connectivity index (χ1) is 7.88. The minimum atomic E-state index is -1.38. The monoisotopic (exact) mass is 246 g/mol. The Labute approximate surface area is 106 Å². The Morgan fingerprint density at radius 1 is 1.18 bits per heavy atom. The van der Waals surface area contributed by atoms with Crippen LogP contribution in [-0.4, -0.2) is 19.3 Å². The predicted octanol–water partition coefficient (Wildman–Crippen LogP) is 3.11. The Balaban J connectivity index is 2.58. The zero-order chi connectivity index (χ0) is 12.9. The molecule has 1 N–H and O–H groups in total. The molecule has 1 aromatic rings. The van der Waals surface area contributed by atoms with Crippen LogP contribution < -0.4 is 0 Å². The highest BCUT2D eigenvalue weighted by atomic mass is 28.3. The van der Waals surface area contributed by atoms with Crippen molar-refractivity contribution in [3.63, 3.8) is 0 Å². The molecule has 0 bridgehead atoms. The van der Waals surface area contributed by atoms with Gasteiger partial charge in [-0.1, -0.05) is 62.8 Å². The zero-order valence-corrected chi connectivity index (χ0v) is 12.2. The zero-order valence-electron chi connectivity index (χ0n) is 11.2. The average molecular weight is 246 g/mol. The second-order valence-corrected chi connectivity index (χ2v) is 10.4. The van der Waals surface area contributed by atoms with Gasteiger partial charge in [0.15, 0.2) is 0 Å². The Morgan fingerprint density at radius 2 is 1.76 bits per heavy atom. The molecule has 0 saturated carbocycles. The summed E-state index contributed by atoms with van der Waals surface area (Å²) in [7, 11) is -1.38. The summed E-state index contributed by atoms with van der Waals surface area (Å²) in [6.45, 7) is 8.62. The smallest absolute Gasteiger partial charge is 0.129 e. The van der Waals surface area contributed by atoms with Crippen LogP contribution in [0, 0.1) is 17.4 Å². The standard InChI is InChI=1S/C15H22OSi/c1-13(12-14-8-6-5-7-9-14)15(16)10-11-17(2,3)4/h5-9,13,15-16H,12H2,1-4H3/t13-,15-/m1/s1. The Kier molecular flexibility index (Phi) is 4.98. The molecular formula is C15H22OSi. The van der Waals surface area contributed by atoms with E-state index in [4.69, 9.17) is 0 Å². The van der Waals surface area contributed by atoms with Crippen molar-refractivity contribution in [3.8, 4) is 11.5 Å². The molecule has 0 spiro atoms. The highest BCUT2D eigenvalue weighted by Crippen LogP contribution is 2.12. The van der Waals surface area contributed by atoms with Gasteiger partial charge in [-0.05, 0) is 17.9 Å². The fourth-order valence-corrected chi connectivity index (χ4v) is 2.11. The Bertz CT molecular complexity index is 394. The molecular weight excluding hydrogens is 224 g/mol. The van der Waals surface area contributed by atoms with Gasteiger partial charge in [0, 0.05) is 0 Å².